The predicted molar refractivity (Wildman–Crippen MR) is 76.1 cm³/mol. The maximum atomic E-state index is 13.2. The van der Waals surface area contributed by atoms with E-state index in [9.17, 15) is 19.0 Å². The Kier molecular flexibility index (Phi) is 4.43. The van der Waals surface area contributed by atoms with Crippen molar-refractivity contribution in [1.82, 2.24) is 5.32 Å². The largest absolute Gasteiger partial charge is 0.508 e. The van der Waals surface area contributed by atoms with Gasteiger partial charge in [0, 0.05) is 17.6 Å². The van der Waals surface area contributed by atoms with Crippen LogP contribution >= 0.6 is 0 Å². The second-order valence-corrected chi connectivity index (χ2v) is 5.03. The second kappa shape index (κ2) is 6.10. The smallest absolute Gasteiger partial charge is 0.159 e. The normalized spacial score (nSPS) is 13.9. The van der Waals surface area contributed by atoms with Crippen molar-refractivity contribution in [2.24, 2.45) is 0 Å². The molecule has 2 unspecified atom stereocenters. The van der Waals surface area contributed by atoms with E-state index >= 15 is 0 Å². The van der Waals surface area contributed by atoms with Crippen molar-refractivity contribution in [3.63, 3.8) is 0 Å². The lowest BCUT2D eigenvalue weighted by molar-refractivity contribution is 0.428. The highest BCUT2D eigenvalue weighted by molar-refractivity contribution is 5.40. The molecule has 5 heteroatoms. The van der Waals surface area contributed by atoms with Crippen molar-refractivity contribution in [2.45, 2.75) is 25.9 Å². The Morgan fingerprint density at radius 3 is 2.29 bits per heavy atom. The second-order valence-electron chi connectivity index (χ2n) is 5.03. The summed E-state index contributed by atoms with van der Waals surface area (Å²) < 4.78 is 26.2. The summed E-state index contributed by atoms with van der Waals surface area (Å²) in [5.41, 5.74) is 1.13. The molecule has 21 heavy (non-hydrogen) atoms. The van der Waals surface area contributed by atoms with Gasteiger partial charge in [-0.2, -0.15) is 0 Å². The van der Waals surface area contributed by atoms with Gasteiger partial charge >= 0.3 is 0 Å². The minimum absolute atomic E-state index is 0.0527. The Balaban J connectivity index is 2.16. The van der Waals surface area contributed by atoms with Crippen LogP contribution in [0.3, 0.4) is 0 Å². The maximum absolute atomic E-state index is 13.2. The molecule has 112 valence electrons. The first-order valence-corrected chi connectivity index (χ1v) is 6.61. The molecule has 0 saturated heterocycles. The highest BCUT2D eigenvalue weighted by atomic mass is 19.2. The van der Waals surface area contributed by atoms with E-state index in [-0.39, 0.29) is 23.6 Å². The Hall–Kier alpha value is -2.14. The summed E-state index contributed by atoms with van der Waals surface area (Å²) in [5, 5.41) is 22.4. The molecule has 0 aliphatic heterocycles. The fourth-order valence-corrected chi connectivity index (χ4v) is 2.23. The van der Waals surface area contributed by atoms with E-state index in [0.29, 0.717) is 11.1 Å². The summed E-state index contributed by atoms with van der Waals surface area (Å²) >= 11 is 0. The molecule has 0 aliphatic rings. The lowest BCUT2D eigenvalue weighted by atomic mass is 10.0. The van der Waals surface area contributed by atoms with E-state index in [2.05, 4.69) is 5.32 Å². The molecule has 2 atom stereocenters. The molecule has 0 heterocycles. The summed E-state index contributed by atoms with van der Waals surface area (Å²) in [5.74, 6) is -1.67. The fraction of sp³-hybridized carbons (Fsp3) is 0.250. The third kappa shape index (κ3) is 3.49. The van der Waals surface area contributed by atoms with Crippen LogP contribution in [0.1, 0.15) is 37.1 Å². The molecule has 3 nitrogen and oxygen atoms in total. The molecule has 0 spiro atoms. The highest BCUT2D eigenvalue weighted by Gasteiger charge is 2.16. The van der Waals surface area contributed by atoms with Crippen LogP contribution in [0, 0.1) is 11.6 Å². The summed E-state index contributed by atoms with van der Waals surface area (Å²) in [6.45, 7) is 3.62. The number of benzene rings is 2. The zero-order chi connectivity index (χ0) is 15.6. The van der Waals surface area contributed by atoms with Gasteiger partial charge in [0.1, 0.15) is 11.5 Å². The van der Waals surface area contributed by atoms with Gasteiger partial charge in [0.15, 0.2) is 11.6 Å². The van der Waals surface area contributed by atoms with Crippen molar-refractivity contribution in [2.75, 3.05) is 0 Å². The quantitative estimate of drug-likeness (QED) is 0.752. The third-order valence-electron chi connectivity index (χ3n) is 3.42. The number of halogens is 2. The minimum atomic E-state index is -0.894. The van der Waals surface area contributed by atoms with Crippen LogP contribution in [0.2, 0.25) is 0 Å². The van der Waals surface area contributed by atoms with Gasteiger partial charge in [-0.05, 0) is 49.7 Å². The molecule has 0 radical (unpaired) electrons. The highest BCUT2D eigenvalue weighted by Crippen LogP contribution is 2.29. The molecule has 2 rings (SSSR count). The Morgan fingerprint density at radius 2 is 1.62 bits per heavy atom. The van der Waals surface area contributed by atoms with E-state index in [1.54, 1.807) is 0 Å². The topological polar surface area (TPSA) is 52.5 Å². The number of hydrogen-bond donors (Lipinski definition) is 3. The molecule has 3 N–H and O–H groups in total. The van der Waals surface area contributed by atoms with Crippen LogP contribution in [0.5, 0.6) is 11.5 Å². The standard InChI is InChI=1S/C16H17F2NO2/c1-9(11-3-5-14(17)15(18)7-11)19-10(2)13-8-12(20)4-6-16(13)21/h3-10,19-21H,1-2H3. The van der Waals surface area contributed by atoms with Gasteiger partial charge in [0.2, 0.25) is 0 Å². The Morgan fingerprint density at radius 1 is 0.905 bits per heavy atom. The van der Waals surface area contributed by atoms with E-state index in [1.807, 2.05) is 13.8 Å². The van der Waals surface area contributed by atoms with E-state index in [4.69, 9.17) is 0 Å². The van der Waals surface area contributed by atoms with Crippen molar-refractivity contribution >= 4 is 0 Å². The van der Waals surface area contributed by atoms with Crippen molar-refractivity contribution in [3.05, 3.63) is 59.2 Å². The summed E-state index contributed by atoms with van der Waals surface area (Å²) in [4.78, 5) is 0. The summed E-state index contributed by atoms with van der Waals surface area (Å²) in [6, 6.07) is 7.46. The average Bonchev–Trinajstić information content (AvgIpc) is 2.44. The van der Waals surface area contributed by atoms with E-state index in [1.165, 1.54) is 24.3 Å². The van der Waals surface area contributed by atoms with Crippen LogP contribution in [-0.2, 0) is 0 Å². The molecule has 0 bridgehead atoms. The number of phenols is 2. The molecule has 0 saturated carbocycles. The first-order valence-electron chi connectivity index (χ1n) is 6.61. The number of aromatic hydroxyl groups is 2. The molecule has 0 amide bonds. The van der Waals surface area contributed by atoms with Crippen molar-refractivity contribution in [1.29, 1.82) is 0 Å². The van der Waals surface area contributed by atoms with Gasteiger partial charge in [-0.1, -0.05) is 6.07 Å². The summed E-state index contributed by atoms with van der Waals surface area (Å²) in [6.07, 6.45) is 0. The van der Waals surface area contributed by atoms with E-state index in [0.717, 1.165) is 12.1 Å². The van der Waals surface area contributed by atoms with Gasteiger partial charge < -0.3 is 15.5 Å². The molecular weight excluding hydrogens is 276 g/mol. The molecule has 0 aliphatic carbocycles. The van der Waals surface area contributed by atoms with Crippen molar-refractivity contribution in [3.8, 4) is 11.5 Å². The van der Waals surface area contributed by atoms with Gasteiger partial charge in [-0.15, -0.1) is 0 Å². The van der Waals surface area contributed by atoms with E-state index < -0.39 is 11.6 Å². The zero-order valence-electron chi connectivity index (χ0n) is 11.8. The fourth-order valence-electron chi connectivity index (χ4n) is 2.23. The zero-order valence-corrected chi connectivity index (χ0v) is 11.8. The summed E-state index contributed by atoms with van der Waals surface area (Å²) in [7, 11) is 0. The number of rotatable bonds is 4. The predicted octanol–water partition coefficient (Wildman–Crippen LogP) is 3.79. The first-order chi connectivity index (χ1) is 9.88. The third-order valence-corrected chi connectivity index (χ3v) is 3.42. The molecule has 0 aromatic heterocycles. The lowest BCUT2D eigenvalue weighted by Gasteiger charge is -2.21. The molecular formula is C16H17F2NO2. The Labute approximate surface area is 121 Å². The maximum Gasteiger partial charge on any atom is 0.159 e. The molecule has 2 aromatic rings. The van der Waals surface area contributed by atoms with Gasteiger partial charge in [-0.3, -0.25) is 0 Å². The van der Waals surface area contributed by atoms with Gasteiger partial charge in [0.25, 0.3) is 0 Å². The first kappa shape index (κ1) is 15.3. The van der Waals surface area contributed by atoms with Crippen LogP contribution in [0.15, 0.2) is 36.4 Å². The molecule has 2 aromatic carbocycles. The van der Waals surface area contributed by atoms with Gasteiger partial charge in [-0.25, -0.2) is 8.78 Å². The van der Waals surface area contributed by atoms with Crippen LogP contribution in [0.25, 0.3) is 0 Å². The number of hydrogen-bond acceptors (Lipinski definition) is 3. The lowest BCUT2D eigenvalue weighted by Crippen LogP contribution is -2.22. The van der Waals surface area contributed by atoms with Crippen LogP contribution in [-0.4, -0.2) is 10.2 Å². The minimum Gasteiger partial charge on any atom is -0.508 e. The van der Waals surface area contributed by atoms with Crippen LogP contribution in [0.4, 0.5) is 8.78 Å². The number of phenolic OH excluding ortho intramolecular Hbond substituents is 2. The van der Waals surface area contributed by atoms with Crippen molar-refractivity contribution < 1.29 is 19.0 Å². The molecule has 0 fully saturated rings. The van der Waals surface area contributed by atoms with Gasteiger partial charge in [0.05, 0.1) is 0 Å². The Bertz CT molecular complexity index is 646. The average molecular weight is 293 g/mol. The van der Waals surface area contributed by atoms with Crippen LogP contribution < -0.4 is 5.32 Å². The number of nitrogens with one attached hydrogen (secondary N) is 1. The monoisotopic (exact) mass is 293 g/mol. The SMILES string of the molecule is CC(NC(C)c1cc(O)ccc1O)c1ccc(F)c(F)c1.